The molecule has 28 heavy (non-hydrogen) atoms. The van der Waals surface area contributed by atoms with Crippen molar-refractivity contribution in [2.75, 3.05) is 11.9 Å². The molecule has 0 spiro atoms. The molecule has 0 radical (unpaired) electrons. The van der Waals surface area contributed by atoms with Crippen LogP contribution in [-0.4, -0.2) is 18.6 Å². The van der Waals surface area contributed by atoms with Crippen LogP contribution in [0, 0.1) is 0 Å². The fourth-order valence-corrected chi connectivity index (χ4v) is 2.71. The van der Waals surface area contributed by atoms with Gasteiger partial charge in [-0.3, -0.25) is 4.79 Å². The monoisotopic (exact) mass is 375 g/mol. The predicted octanol–water partition coefficient (Wildman–Crippen LogP) is 5.55. The zero-order valence-electron chi connectivity index (χ0n) is 16.2. The van der Waals surface area contributed by atoms with E-state index in [4.69, 9.17) is 9.47 Å². The number of hydrogen-bond donors (Lipinski definition) is 1. The minimum Gasteiger partial charge on any atom is -0.494 e. The second kappa shape index (κ2) is 9.60. The number of anilines is 1. The summed E-state index contributed by atoms with van der Waals surface area (Å²) in [6, 6.07) is 25.2. The van der Waals surface area contributed by atoms with Crippen molar-refractivity contribution in [1.82, 2.24) is 0 Å². The molecule has 1 N–H and O–H groups in total. The Bertz CT molecular complexity index is 874. The van der Waals surface area contributed by atoms with Gasteiger partial charge in [0.2, 0.25) is 0 Å². The van der Waals surface area contributed by atoms with Gasteiger partial charge in [-0.25, -0.2) is 0 Å². The second-order valence-electron chi connectivity index (χ2n) is 6.51. The first-order valence-corrected chi connectivity index (χ1v) is 9.51. The van der Waals surface area contributed by atoms with E-state index >= 15 is 0 Å². The lowest BCUT2D eigenvalue weighted by Gasteiger charge is -2.15. The van der Waals surface area contributed by atoms with E-state index in [2.05, 4.69) is 24.4 Å². The molecule has 3 aromatic rings. The molecule has 1 unspecified atom stereocenters. The van der Waals surface area contributed by atoms with E-state index in [1.807, 2.05) is 66.7 Å². The Labute approximate surface area is 166 Å². The minimum atomic E-state index is -0.612. The lowest BCUT2D eigenvalue weighted by atomic mass is 10.1. The number of carbonyl (C=O) groups is 1. The lowest BCUT2D eigenvalue weighted by molar-refractivity contribution is -0.122. The van der Waals surface area contributed by atoms with Crippen LogP contribution < -0.4 is 14.8 Å². The van der Waals surface area contributed by atoms with Crippen molar-refractivity contribution in [3.63, 3.8) is 0 Å². The summed E-state index contributed by atoms with van der Waals surface area (Å²) in [5.41, 5.74) is 2.96. The highest BCUT2D eigenvalue weighted by Crippen LogP contribution is 2.23. The average molecular weight is 375 g/mol. The maximum atomic E-state index is 12.4. The molecule has 1 atom stereocenters. The van der Waals surface area contributed by atoms with Gasteiger partial charge in [0.1, 0.15) is 11.5 Å². The third-order valence-electron chi connectivity index (χ3n) is 4.24. The summed E-state index contributed by atoms with van der Waals surface area (Å²) in [6.07, 6.45) is 0.346. The topological polar surface area (TPSA) is 47.6 Å². The van der Waals surface area contributed by atoms with Crippen LogP contribution in [0.5, 0.6) is 11.5 Å². The molecule has 0 aromatic heterocycles. The third kappa shape index (κ3) is 5.36. The Morgan fingerprint density at radius 3 is 2.11 bits per heavy atom. The molecule has 3 rings (SSSR count). The molecule has 4 heteroatoms. The van der Waals surface area contributed by atoms with E-state index in [-0.39, 0.29) is 5.91 Å². The SMILES string of the molecule is CCCOc1ccc(NC(=O)C(C)Oc2ccc(-c3ccccc3)cc2)cc1. The molecule has 1 amide bonds. The highest BCUT2D eigenvalue weighted by atomic mass is 16.5. The first kappa shape index (κ1) is 19.5. The van der Waals surface area contributed by atoms with E-state index in [0.717, 1.165) is 23.3 Å². The summed E-state index contributed by atoms with van der Waals surface area (Å²) in [5, 5.41) is 2.86. The van der Waals surface area contributed by atoms with Crippen molar-refractivity contribution >= 4 is 11.6 Å². The smallest absolute Gasteiger partial charge is 0.265 e. The van der Waals surface area contributed by atoms with Crippen molar-refractivity contribution in [2.45, 2.75) is 26.4 Å². The van der Waals surface area contributed by atoms with Crippen LogP contribution in [0.4, 0.5) is 5.69 Å². The van der Waals surface area contributed by atoms with E-state index in [1.165, 1.54) is 0 Å². The lowest BCUT2D eigenvalue weighted by Crippen LogP contribution is -2.30. The van der Waals surface area contributed by atoms with Gasteiger partial charge in [0.15, 0.2) is 6.10 Å². The molecule has 0 fully saturated rings. The normalized spacial score (nSPS) is 11.5. The molecule has 0 saturated heterocycles. The molecule has 4 nitrogen and oxygen atoms in total. The Balaban J connectivity index is 1.55. The molecule has 3 aromatic carbocycles. The summed E-state index contributed by atoms with van der Waals surface area (Å²) >= 11 is 0. The number of ether oxygens (including phenoxy) is 2. The number of rotatable bonds is 8. The Morgan fingerprint density at radius 1 is 0.857 bits per heavy atom. The molecular weight excluding hydrogens is 350 g/mol. The summed E-state index contributed by atoms with van der Waals surface area (Å²) < 4.78 is 11.3. The summed E-state index contributed by atoms with van der Waals surface area (Å²) in [6.45, 7) is 4.48. The number of hydrogen-bond acceptors (Lipinski definition) is 3. The molecule has 144 valence electrons. The number of carbonyl (C=O) groups excluding carboxylic acids is 1. The van der Waals surface area contributed by atoms with Gasteiger partial charge in [0, 0.05) is 5.69 Å². The molecule has 0 saturated carbocycles. The van der Waals surface area contributed by atoms with Gasteiger partial charge in [-0.1, -0.05) is 49.4 Å². The first-order chi connectivity index (χ1) is 13.7. The first-order valence-electron chi connectivity index (χ1n) is 9.51. The van der Waals surface area contributed by atoms with Gasteiger partial charge in [0.05, 0.1) is 6.61 Å². The van der Waals surface area contributed by atoms with Crippen molar-refractivity contribution in [2.24, 2.45) is 0 Å². The van der Waals surface area contributed by atoms with Crippen LogP contribution in [0.1, 0.15) is 20.3 Å². The number of amides is 1. The van der Waals surface area contributed by atoms with Gasteiger partial charge >= 0.3 is 0 Å². The average Bonchev–Trinajstić information content (AvgIpc) is 2.74. The molecule has 0 aliphatic carbocycles. The Kier molecular flexibility index (Phi) is 6.68. The minimum absolute atomic E-state index is 0.200. The van der Waals surface area contributed by atoms with Crippen LogP contribution in [0.15, 0.2) is 78.9 Å². The van der Waals surface area contributed by atoms with Crippen LogP contribution in [-0.2, 0) is 4.79 Å². The fourth-order valence-electron chi connectivity index (χ4n) is 2.71. The summed E-state index contributed by atoms with van der Waals surface area (Å²) in [7, 11) is 0. The van der Waals surface area contributed by atoms with Crippen molar-refractivity contribution in [3.8, 4) is 22.6 Å². The van der Waals surface area contributed by atoms with E-state index < -0.39 is 6.10 Å². The predicted molar refractivity (Wildman–Crippen MR) is 113 cm³/mol. The Morgan fingerprint density at radius 2 is 1.46 bits per heavy atom. The van der Waals surface area contributed by atoms with Crippen molar-refractivity contribution in [1.29, 1.82) is 0 Å². The van der Waals surface area contributed by atoms with E-state index in [1.54, 1.807) is 6.92 Å². The maximum absolute atomic E-state index is 12.4. The van der Waals surface area contributed by atoms with Crippen LogP contribution >= 0.6 is 0 Å². The molecule has 0 aliphatic heterocycles. The van der Waals surface area contributed by atoms with Crippen LogP contribution in [0.3, 0.4) is 0 Å². The number of nitrogens with one attached hydrogen (secondary N) is 1. The van der Waals surface area contributed by atoms with E-state index in [9.17, 15) is 4.79 Å². The van der Waals surface area contributed by atoms with Gasteiger partial charge in [-0.15, -0.1) is 0 Å². The second-order valence-corrected chi connectivity index (χ2v) is 6.51. The van der Waals surface area contributed by atoms with E-state index in [0.29, 0.717) is 18.0 Å². The zero-order chi connectivity index (χ0) is 19.8. The Hall–Kier alpha value is -3.27. The molecular formula is C24H25NO3. The van der Waals surface area contributed by atoms with Crippen LogP contribution in [0.2, 0.25) is 0 Å². The summed E-state index contributed by atoms with van der Waals surface area (Å²) in [5.74, 6) is 1.25. The summed E-state index contributed by atoms with van der Waals surface area (Å²) in [4.78, 5) is 12.4. The fraction of sp³-hybridized carbons (Fsp3) is 0.208. The molecule has 0 heterocycles. The van der Waals surface area contributed by atoms with Gasteiger partial charge in [0.25, 0.3) is 5.91 Å². The third-order valence-corrected chi connectivity index (χ3v) is 4.24. The van der Waals surface area contributed by atoms with Gasteiger partial charge in [-0.05, 0) is 60.9 Å². The molecule has 0 bridgehead atoms. The van der Waals surface area contributed by atoms with Gasteiger partial charge < -0.3 is 14.8 Å². The van der Waals surface area contributed by atoms with Crippen molar-refractivity contribution < 1.29 is 14.3 Å². The quantitative estimate of drug-likeness (QED) is 0.562. The highest BCUT2D eigenvalue weighted by molar-refractivity contribution is 5.94. The number of benzene rings is 3. The van der Waals surface area contributed by atoms with Crippen molar-refractivity contribution in [3.05, 3.63) is 78.9 Å². The van der Waals surface area contributed by atoms with Gasteiger partial charge in [-0.2, -0.15) is 0 Å². The highest BCUT2D eigenvalue weighted by Gasteiger charge is 2.15. The maximum Gasteiger partial charge on any atom is 0.265 e. The van der Waals surface area contributed by atoms with Crippen LogP contribution in [0.25, 0.3) is 11.1 Å². The molecule has 0 aliphatic rings. The standard InChI is InChI=1S/C24H25NO3/c1-3-17-27-22-15-11-21(12-16-22)25-24(26)18(2)28-23-13-9-20(10-14-23)19-7-5-4-6-8-19/h4-16,18H,3,17H2,1-2H3,(H,25,26). The largest absolute Gasteiger partial charge is 0.494 e. The zero-order valence-corrected chi connectivity index (χ0v) is 16.2.